The van der Waals surface area contributed by atoms with Crippen LogP contribution in [0.3, 0.4) is 0 Å². The van der Waals surface area contributed by atoms with Crippen LogP contribution in [0.2, 0.25) is 0 Å². The van der Waals surface area contributed by atoms with E-state index in [-0.39, 0.29) is 23.1 Å². The van der Waals surface area contributed by atoms with Gasteiger partial charge in [-0.25, -0.2) is 0 Å². The summed E-state index contributed by atoms with van der Waals surface area (Å²) >= 11 is 3.43. The van der Waals surface area contributed by atoms with Crippen molar-refractivity contribution in [3.8, 4) is 0 Å². The minimum absolute atomic E-state index is 0.00571. The van der Waals surface area contributed by atoms with Crippen molar-refractivity contribution in [2.45, 2.75) is 40.2 Å². The third-order valence-electron chi connectivity index (χ3n) is 4.15. The van der Waals surface area contributed by atoms with Gasteiger partial charge >= 0.3 is 0 Å². The number of benzene rings is 1. The average molecular weight is 381 g/mol. The molecule has 2 amide bonds. The van der Waals surface area contributed by atoms with E-state index in [1.807, 2.05) is 49.9 Å². The first-order valence-corrected chi connectivity index (χ1v) is 8.88. The SMILES string of the molecule is CC(C)(C)C(=O)N1CCC(C(=O)NCc2cccc(Br)c2)CC1. The molecular formula is C18H25BrN2O2. The lowest BCUT2D eigenvalue weighted by atomic mass is 9.90. The highest BCUT2D eigenvalue weighted by Gasteiger charge is 2.32. The number of nitrogens with zero attached hydrogens (tertiary/aromatic N) is 1. The van der Waals surface area contributed by atoms with Gasteiger partial charge in [-0.05, 0) is 30.5 Å². The van der Waals surface area contributed by atoms with Gasteiger partial charge in [0.05, 0.1) is 0 Å². The zero-order valence-electron chi connectivity index (χ0n) is 14.1. The van der Waals surface area contributed by atoms with E-state index in [1.54, 1.807) is 0 Å². The summed E-state index contributed by atoms with van der Waals surface area (Å²) in [7, 11) is 0. The summed E-state index contributed by atoms with van der Waals surface area (Å²) in [5.74, 6) is 0.268. The van der Waals surface area contributed by atoms with Crippen LogP contribution in [0.1, 0.15) is 39.2 Å². The molecule has 1 N–H and O–H groups in total. The maximum absolute atomic E-state index is 12.3. The molecule has 0 saturated carbocycles. The number of rotatable bonds is 3. The normalized spacial score (nSPS) is 16.3. The molecule has 126 valence electrons. The lowest BCUT2D eigenvalue weighted by molar-refractivity contribution is -0.142. The minimum atomic E-state index is -0.351. The molecular weight excluding hydrogens is 356 g/mol. The summed E-state index contributed by atoms with van der Waals surface area (Å²) in [5, 5.41) is 3.01. The molecule has 1 saturated heterocycles. The van der Waals surface area contributed by atoms with Crippen LogP contribution in [0.15, 0.2) is 28.7 Å². The Labute approximate surface area is 146 Å². The second kappa shape index (κ2) is 7.47. The van der Waals surface area contributed by atoms with Crippen LogP contribution in [-0.4, -0.2) is 29.8 Å². The number of carbonyl (C=O) groups is 2. The third kappa shape index (κ3) is 5.06. The fourth-order valence-electron chi connectivity index (χ4n) is 2.80. The second-order valence-electron chi connectivity index (χ2n) is 7.16. The van der Waals surface area contributed by atoms with Gasteiger partial charge in [0.1, 0.15) is 0 Å². The Balaban J connectivity index is 1.81. The Morgan fingerprint density at radius 2 is 1.91 bits per heavy atom. The van der Waals surface area contributed by atoms with Gasteiger partial charge in [0.15, 0.2) is 0 Å². The van der Waals surface area contributed by atoms with Crippen LogP contribution in [-0.2, 0) is 16.1 Å². The minimum Gasteiger partial charge on any atom is -0.352 e. The Morgan fingerprint density at radius 3 is 2.48 bits per heavy atom. The predicted octanol–water partition coefficient (Wildman–Crippen LogP) is 3.35. The van der Waals surface area contributed by atoms with E-state index < -0.39 is 0 Å². The fraction of sp³-hybridized carbons (Fsp3) is 0.556. The molecule has 4 nitrogen and oxygen atoms in total. The van der Waals surface area contributed by atoms with E-state index in [9.17, 15) is 9.59 Å². The molecule has 0 aliphatic carbocycles. The maximum atomic E-state index is 12.3. The van der Waals surface area contributed by atoms with Crippen LogP contribution in [0.25, 0.3) is 0 Å². The number of likely N-dealkylation sites (tertiary alicyclic amines) is 1. The predicted molar refractivity (Wildman–Crippen MR) is 94.7 cm³/mol. The molecule has 1 fully saturated rings. The monoisotopic (exact) mass is 380 g/mol. The number of amides is 2. The molecule has 1 aliphatic rings. The summed E-state index contributed by atoms with van der Waals surface area (Å²) in [6.45, 7) is 7.69. The molecule has 23 heavy (non-hydrogen) atoms. The van der Waals surface area contributed by atoms with Crippen molar-refractivity contribution in [1.82, 2.24) is 10.2 Å². The van der Waals surface area contributed by atoms with Gasteiger partial charge in [-0.3, -0.25) is 9.59 Å². The molecule has 1 aliphatic heterocycles. The molecule has 0 radical (unpaired) electrons. The molecule has 0 bridgehead atoms. The van der Waals surface area contributed by atoms with Gasteiger partial charge in [-0.2, -0.15) is 0 Å². The Kier molecular flexibility index (Phi) is 5.84. The van der Waals surface area contributed by atoms with Crippen LogP contribution < -0.4 is 5.32 Å². The molecule has 1 aromatic rings. The first-order chi connectivity index (χ1) is 10.8. The summed E-state index contributed by atoms with van der Waals surface area (Å²) in [6.07, 6.45) is 1.48. The van der Waals surface area contributed by atoms with Crippen molar-refractivity contribution in [3.63, 3.8) is 0 Å². The van der Waals surface area contributed by atoms with Gasteiger partial charge in [-0.15, -0.1) is 0 Å². The lowest BCUT2D eigenvalue weighted by Gasteiger charge is -2.35. The zero-order chi connectivity index (χ0) is 17.0. The molecule has 0 unspecified atom stereocenters. The largest absolute Gasteiger partial charge is 0.352 e. The van der Waals surface area contributed by atoms with E-state index in [4.69, 9.17) is 0 Å². The first kappa shape index (κ1) is 18.0. The molecule has 2 rings (SSSR count). The molecule has 0 aromatic heterocycles. The Morgan fingerprint density at radius 1 is 1.26 bits per heavy atom. The maximum Gasteiger partial charge on any atom is 0.227 e. The van der Waals surface area contributed by atoms with E-state index >= 15 is 0 Å². The molecule has 0 atom stereocenters. The Hall–Kier alpha value is -1.36. The Bertz CT molecular complexity index is 573. The first-order valence-electron chi connectivity index (χ1n) is 8.09. The van der Waals surface area contributed by atoms with Gasteiger partial charge in [-0.1, -0.05) is 48.8 Å². The van der Waals surface area contributed by atoms with Crippen LogP contribution >= 0.6 is 15.9 Å². The van der Waals surface area contributed by atoms with E-state index in [0.717, 1.165) is 22.9 Å². The second-order valence-corrected chi connectivity index (χ2v) is 8.08. The van der Waals surface area contributed by atoms with Crippen molar-refractivity contribution in [3.05, 3.63) is 34.3 Å². The summed E-state index contributed by atoms with van der Waals surface area (Å²) in [6, 6.07) is 7.93. The molecule has 1 heterocycles. The van der Waals surface area contributed by atoms with Gasteiger partial charge in [0, 0.05) is 35.4 Å². The number of hydrogen-bond acceptors (Lipinski definition) is 2. The quantitative estimate of drug-likeness (QED) is 0.873. The van der Waals surface area contributed by atoms with E-state index in [2.05, 4.69) is 21.2 Å². The summed E-state index contributed by atoms with van der Waals surface area (Å²) in [5.41, 5.74) is 0.726. The van der Waals surface area contributed by atoms with Crippen molar-refractivity contribution >= 4 is 27.7 Å². The topological polar surface area (TPSA) is 49.4 Å². The smallest absolute Gasteiger partial charge is 0.227 e. The third-order valence-corrected chi connectivity index (χ3v) is 4.64. The van der Waals surface area contributed by atoms with E-state index in [1.165, 1.54) is 0 Å². The van der Waals surface area contributed by atoms with Gasteiger partial charge in [0.2, 0.25) is 11.8 Å². The van der Waals surface area contributed by atoms with Crippen LogP contribution in [0, 0.1) is 11.3 Å². The van der Waals surface area contributed by atoms with Crippen LogP contribution in [0.4, 0.5) is 0 Å². The summed E-state index contributed by atoms with van der Waals surface area (Å²) < 4.78 is 1.01. The highest BCUT2D eigenvalue weighted by molar-refractivity contribution is 9.10. The van der Waals surface area contributed by atoms with Crippen molar-refractivity contribution in [2.24, 2.45) is 11.3 Å². The van der Waals surface area contributed by atoms with Crippen molar-refractivity contribution in [1.29, 1.82) is 0 Å². The number of piperidine rings is 1. The number of halogens is 1. The highest BCUT2D eigenvalue weighted by atomic mass is 79.9. The average Bonchev–Trinajstić information content (AvgIpc) is 2.51. The molecule has 0 spiro atoms. The van der Waals surface area contributed by atoms with Crippen molar-refractivity contribution < 1.29 is 9.59 Å². The van der Waals surface area contributed by atoms with Crippen LogP contribution in [0.5, 0.6) is 0 Å². The van der Waals surface area contributed by atoms with Gasteiger partial charge in [0.25, 0.3) is 0 Å². The summed E-state index contributed by atoms with van der Waals surface area (Å²) in [4.78, 5) is 26.5. The number of carbonyl (C=O) groups excluding carboxylic acids is 2. The fourth-order valence-corrected chi connectivity index (χ4v) is 3.25. The standard InChI is InChI=1S/C18H25BrN2O2/c1-18(2,3)17(23)21-9-7-14(8-10-21)16(22)20-12-13-5-4-6-15(19)11-13/h4-6,11,14H,7-10,12H2,1-3H3,(H,20,22). The number of nitrogens with one attached hydrogen (secondary N) is 1. The zero-order valence-corrected chi connectivity index (χ0v) is 15.6. The van der Waals surface area contributed by atoms with Gasteiger partial charge < -0.3 is 10.2 Å². The van der Waals surface area contributed by atoms with Crippen molar-refractivity contribution in [2.75, 3.05) is 13.1 Å². The lowest BCUT2D eigenvalue weighted by Crippen LogP contribution is -2.46. The van der Waals surface area contributed by atoms with E-state index in [0.29, 0.717) is 19.6 Å². The highest BCUT2D eigenvalue weighted by Crippen LogP contribution is 2.23. The molecule has 5 heteroatoms. The molecule has 1 aromatic carbocycles. The number of hydrogen-bond donors (Lipinski definition) is 1.